The molecule has 1 aromatic carbocycles. The Morgan fingerprint density at radius 1 is 1.16 bits per heavy atom. The number of fused-ring (bicyclic) bond motifs is 1. The number of rotatable bonds is 5. The van der Waals surface area contributed by atoms with Gasteiger partial charge in [-0.3, -0.25) is 4.68 Å². The lowest BCUT2D eigenvalue weighted by Gasteiger charge is -2.07. The Kier molecular flexibility index (Phi) is 3.33. The molecule has 0 atom stereocenters. The molecule has 3 rings (SSSR count). The third-order valence-corrected chi connectivity index (χ3v) is 3.35. The first-order valence-electron chi connectivity index (χ1n) is 6.56. The van der Waals surface area contributed by atoms with Crippen LogP contribution in [0.25, 0.3) is 10.9 Å². The second kappa shape index (κ2) is 5.28. The van der Waals surface area contributed by atoms with E-state index in [2.05, 4.69) is 45.4 Å². The summed E-state index contributed by atoms with van der Waals surface area (Å²) in [6.45, 7) is 2.74. The molecule has 0 radical (unpaired) electrons. The van der Waals surface area contributed by atoms with Crippen LogP contribution >= 0.6 is 0 Å². The Balaban J connectivity index is 1.84. The average Bonchev–Trinajstić information content (AvgIpc) is 3.05. The molecule has 0 saturated carbocycles. The van der Waals surface area contributed by atoms with Crippen molar-refractivity contribution in [3.05, 3.63) is 54.5 Å². The monoisotopic (exact) mass is 254 g/mol. The molecule has 4 nitrogen and oxygen atoms in total. The molecular weight excluding hydrogens is 236 g/mol. The second-order valence-electron chi connectivity index (χ2n) is 4.70. The second-order valence-corrected chi connectivity index (χ2v) is 4.70. The van der Waals surface area contributed by atoms with Crippen LogP contribution in [0.5, 0.6) is 0 Å². The Morgan fingerprint density at radius 2 is 2.11 bits per heavy atom. The van der Waals surface area contributed by atoms with Crippen LogP contribution in [-0.4, -0.2) is 21.4 Å². The maximum absolute atomic E-state index is 4.24. The molecule has 3 aromatic rings. The smallest absolute Gasteiger partial charge is 0.0588 e. The summed E-state index contributed by atoms with van der Waals surface area (Å²) in [6, 6.07) is 10.7. The maximum Gasteiger partial charge on any atom is 0.0588 e. The van der Waals surface area contributed by atoms with E-state index in [1.165, 1.54) is 16.5 Å². The van der Waals surface area contributed by atoms with E-state index in [0.717, 1.165) is 19.6 Å². The zero-order valence-corrected chi connectivity index (χ0v) is 11.1. The van der Waals surface area contributed by atoms with Crippen molar-refractivity contribution in [3.63, 3.8) is 0 Å². The van der Waals surface area contributed by atoms with Gasteiger partial charge in [-0.15, -0.1) is 0 Å². The van der Waals surface area contributed by atoms with Gasteiger partial charge >= 0.3 is 0 Å². The lowest BCUT2D eigenvalue weighted by molar-refractivity contribution is 0.543. The number of aromatic nitrogens is 3. The molecule has 2 heterocycles. The van der Waals surface area contributed by atoms with E-state index in [1.807, 2.05) is 30.2 Å². The van der Waals surface area contributed by atoms with Crippen LogP contribution in [0.15, 0.2) is 48.9 Å². The summed E-state index contributed by atoms with van der Waals surface area (Å²) in [6.07, 6.45) is 5.97. The van der Waals surface area contributed by atoms with Gasteiger partial charge in [0.2, 0.25) is 0 Å². The number of hydrogen-bond donors (Lipinski definition) is 1. The zero-order valence-electron chi connectivity index (χ0n) is 11.1. The standard InChI is InChI=1S/C15H18N4/c1-16-12-13-3-4-14-5-8-18(15(14)11-13)9-10-19-7-2-6-17-19/h2-8,11,16H,9-10,12H2,1H3. The van der Waals surface area contributed by atoms with Crippen LogP contribution < -0.4 is 5.32 Å². The molecule has 0 aliphatic heterocycles. The number of aryl methyl sites for hydroxylation is 2. The molecule has 0 aliphatic carbocycles. The topological polar surface area (TPSA) is 34.8 Å². The van der Waals surface area contributed by atoms with Gasteiger partial charge in [0.25, 0.3) is 0 Å². The molecule has 0 saturated heterocycles. The minimum atomic E-state index is 0.896. The third kappa shape index (κ3) is 2.53. The molecule has 0 unspecified atom stereocenters. The van der Waals surface area contributed by atoms with Gasteiger partial charge in [-0.1, -0.05) is 12.1 Å². The van der Waals surface area contributed by atoms with Crippen molar-refractivity contribution in [1.29, 1.82) is 0 Å². The highest BCUT2D eigenvalue weighted by Gasteiger charge is 2.02. The minimum Gasteiger partial charge on any atom is -0.346 e. The van der Waals surface area contributed by atoms with Crippen molar-refractivity contribution in [1.82, 2.24) is 19.7 Å². The van der Waals surface area contributed by atoms with Gasteiger partial charge in [-0.2, -0.15) is 5.10 Å². The molecule has 0 bridgehead atoms. The fourth-order valence-corrected chi connectivity index (χ4v) is 2.38. The predicted molar refractivity (Wildman–Crippen MR) is 76.9 cm³/mol. The van der Waals surface area contributed by atoms with E-state index >= 15 is 0 Å². The summed E-state index contributed by atoms with van der Waals surface area (Å²) >= 11 is 0. The maximum atomic E-state index is 4.24. The molecule has 0 spiro atoms. The minimum absolute atomic E-state index is 0.896. The fourth-order valence-electron chi connectivity index (χ4n) is 2.38. The Hall–Kier alpha value is -2.07. The van der Waals surface area contributed by atoms with Crippen LogP contribution in [-0.2, 0) is 19.6 Å². The number of nitrogens with zero attached hydrogens (tertiary/aromatic N) is 3. The van der Waals surface area contributed by atoms with Gasteiger partial charge in [0.15, 0.2) is 0 Å². The summed E-state index contributed by atoms with van der Waals surface area (Å²) in [7, 11) is 1.97. The van der Waals surface area contributed by atoms with Gasteiger partial charge in [-0.25, -0.2) is 0 Å². The number of benzene rings is 1. The van der Waals surface area contributed by atoms with Crippen LogP contribution in [0.2, 0.25) is 0 Å². The summed E-state index contributed by atoms with van der Waals surface area (Å²) in [5, 5.41) is 8.72. The van der Waals surface area contributed by atoms with Crippen molar-refractivity contribution in [3.8, 4) is 0 Å². The molecular formula is C15H18N4. The molecule has 19 heavy (non-hydrogen) atoms. The highest BCUT2D eigenvalue weighted by Crippen LogP contribution is 2.18. The van der Waals surface area contributed by atoms with Crippen molar-refractivity contribution in [2.24, 2.45) is 0 Å². The fraction of sp³-hybridized carbons (Fsp3) is 0.267. The van der Waals surface area contributed by atoms with Crippen LogP contribution in [0.1, 0.15) is 5.56 Å². The summed E-state index contributed by atoms with van der Waals surface area (Å²) in [5.41, 5.74) is 2.61. The first-order chi connectivity index (χ1) is 9.36. The Bertz CT molecular complexity index is 652. The van der Waals surface area contributed by atoms with E-state index in [9.17, 15) is 0 Å². The number of nitrogens with one attached hydrogen (secondary N) is 1. The molecule has 0 aliphatic rings. The van der Waals surface area contributed by atoms with Gasteiger partial charge in [0.05, 0.1) is 6.54 Å². The summed E-state index contributed by atoms with van der Waals surface area (Å²) in [5.74, 6) is 0. The van der Waals surface area contributed by atoms with Crippen molar-refractivity contribution >= 4 is 10.9 Å². The van der Waals surface area contributed by atoms with Crippen molar-refractivity contribution in [2.75, 3.05) is 7.05 Å². The lowest BCUT2D eigenvalue weighted by Crippen LogP contribution is -2.07. The van der Waals surface area contributed by atoms with Gasteiger partial charge in [-0.05, 0) is 36.2 Å². The van der Waals surface area contributed by atoms with E-state index in [0.29, 0.717) is 0 Å². The van der Waals surface area contributed by atoms with Crippen molar-refractivity contribution < 1.29 is 0 Å². The number of hydrogen-bond acceptors (Lipinski definition) is 2. The predicted octanol–water partition coefficient (Wildman–Crippen LogP) is 2.26. The molecule has 1 N–H and O–H groups in total. The van der Waals surface area contributed by atoms with Gasteiger partial charge < -0.3 is 9.88 Å². The van der Waals surface area contributed by atoms with Crippen LogP contribution in [0.3, 0.4) is 0 Å². The van der Waals surface area contributed by atoms with Crippen molar-refractivity contribution in [2.45, 2.75) is 19.6 Å². The van der Waals surface area contributed by atoms with E-state index in [1.54, 1.807) is 0 Å². The Morgan fingerprint density at radius 3 is 2.89 bits per heavy atom. The zero-order chi connectivity index (χ0) is 13.1. The highest BCUT2D eigenvalue weighted by molar-refractivity contribution is 5.80. The Labute approximate surface area is 112 Å². The molecule has 0 amide bonds. The molecule has 0 fully saturated rings. The highest BCUT2D eigenvalue weighted by atomic mass is 15.3. The summed E-state index contributed by atoms with van der Waals surface area (Å²) < 4.78 is 4.25. The first kappa shape index (κ1) is 12.0. The molecule has 98 valence electrons. The lowest BCUT2D eigenvalue weighted by atomic mass is 10.1. The van der Waals surface area contributed by atoms with Crippen LogP contribution in [0.4, 0.5) is 0 Å². The van der Waals surface area contributed by atoms with Gasteiger partial charge in [0, 0.05) is 37.2 Å². The van der Waals surface area contributed by atoms with Gasteiger partial charge in [0.1, 0.15) is 0 Å². The van der Waals surface area contributed by atoms with E-state index in [-0.39, 0.29) is 0 Å². The van der Waals surface area contributed by atoms with E-state index in [4.69, 9.17) is 0 Å². The molecule has 4 heteroatoms. The average molecular weight is 254 g/mol. The molecule has 2 aromatic heterocycles. The quantitative estimate of drug-likeness (QED) is 0.758. The SMILES string of the molecule is CNCc1ccc2ccn(CCn3cccn3)c2c1. The van der Waals surface area contributed by atoms with E-state index < -0.39 is 0 Å². The first-order valence-corrected chi connectivity index (χ1v) is 6.56. The van der Waals surface area contributed by atoms with Crippen LogP contribution in [0, 0.1) is 0 Å². The third-order valence-electron chi connectivity index (χ3n) is 3.35. The normalized spacial score (nSPS) is 11.2. The summed E-state index contributed by atoms with van der Waals surface area (Å²) in [4.78, 5) is 0. The largest absolute Gasteiger partial charge is 0.346 e.